The van der Waals surface area contributed by atoms with E-state index in [0.717, 1.165) is 48.5 Å². The summed E-state index contributed by atoms with van der Waals surface area (Å²) < 4.78 is 0. The van der Waals surface area contributed by atoms with Crippen molar-refractivity contribution in [3.63, 3.8) is 0 Å². The van der Waals surface area contributed by atoms with Gasteiger partial charge in [0.2, 0.25) is 0 Å². The molecule has 0 aromatic carbocycles. The third-order valence-corrected chi connectivity index (χ3v) is 10.9. The number of hydrogen-bond donors (Lipinski definition) is 1. The van der Waals surface area contributed by atoms with Crippen molar-refractivity contribution in [1.82, 2.24) is 0 Å². The van der Waals surface area contributed by atoms with Gasteiger partial charge in [0.1, 0.15) is 0 Å². The van der Waals surface area contributed by atoms with E-state index in [1.165, 1.54) is 32.1 Å². The monoisotopic (exact) mass is 452 g/mol. The average molecular weight is 453 g/mol. The largest absolute Gasteiger partial charge is 0.412 e. The Kier molecular flexibility index (Phi) is 12.3. The summed E-state index contributed by atoms with van der Waals surface area (Å²) in [5, 5.41) is 7.00. The van der Waals surface area contributed by atoms with Crippen molar-refractivity contribution in [1.29, 1.82) is 0 Å². The van der Waals surface area contributed by atoms with Crippen LogP contribution in [0.25, 0.3) is 0 Å². The Bertz CT molecular complexity index is 517. The average Bonchev–Trinajstić information content (AvgIpc) is 3.12. The van der Waals surface area contributed by atoms with E-state index in [1.807, 2.05) is 13.8 Å². The van der Waals surface area contributed by atoms with Crippen molar-refractivity contribution >= 4 is 0 Å². The highest BCUT2D eigenvalue weighted by molar-refractivity contribution is 5.09. The van der Waals surface area contributed by atoms with Crippen molar-refractivity contribution in [3.8, 4) is 0 Å². The second kappa shape index (κ2) is 13.1. The molecule has 0 amide bonds. The zero-order valence-electron chi connectivity index (χ0n) is 23.2. The van der Waals surface area contributed by atoms with Crippen LogP contribution in [0.15, 0.2) is 0 Å². The van der Waals surface area contributed by atoms with Gasteiger partial charge in [0.05, 0.1) is 0 Å². The van der Waals surface area contributed by atoms with Crippen LogP contribution in [0, 0.1) is 52.3 Å². The third kappa shape index (κ3) is 5.76. The maximum absolute atomic E-state index is 7.00. The molecule has 0 radical (unpaired) electrons. The molecule has 4 aliphatic carbocycles. The standard InChI is InChI=1S/C27H48.C2H6.CH4O.H2O/c1-6-20-14-16-27(5)22(18-20)10-12-23-24-13-11-21(9-7-8-19(2)3)26(24,4)17-15-25(23)27;2*1-2;/h19-25H,6-18H2,1-5H3;1-2H3;2H,1H3;1H2. The lowest BCUT2D eigenvalue weighted by Crippen LogP contribution is -2.53. The molecule has 0 aliphatic heterocycles. The van der Waals surface area contributed by atoms with E-state index in [0.29, 0.717) is 10.8 Å². The van der Waals surface area contributed by atoms with E-state index in [1.54, 1.807) is 51.4 Å². The van der Waals surface area contributed by atoms with Gasteiger partial charge < -0.3 is 10.6 Å². The summed E-state index contributed by atoms with van der Waals surface area (Å²) in [6.07, 6.45) is 20.0. The first-order valence-electron chi connectivity index (χ1n) is 14.3. The van der Waals surface area contributed by atoms with E-state index in [-0.39, 0.29) is 5.48 Å². The second-order valence-corrected chi connectivity index (χ2v) is 12.3. The Morgan fingerprint density at radius 1 is 0.844 bits per heavy atom. The molecule has 4 saturated carbocycles. The van der Waals surface area contributed by atoms with Gasteiger partial charge in [-0.3, -0.25) is 0 Å². The zero-order chi connectivity index (χ0) is 23.2. The molecule has 2 heteroatoms. The minimum Gasteiger partial charge on any atom is -0.412 e. The molecule has 2 nitrogen and oxygen atoms in total. The molecule has 0 spiro atoms. The fourth-order valence-corrected chi connectivity index (χ4v) is 9.07. The molecular weight excluding hydrogens is 392 g/mol. The number of fused-ring (bicyclic) bond motifs is 5. The van der Waals surface area contributed by atoms with E-state index in [9.17, 15) is 0 Å². The number of aliphatic hydroxyl groups excluding tert-OH is 1. The number of hydrogen-bond acceptors (Lipinski definition) is 1. The minimum atomic E-state index is 0. The van der Waals surface area contributed by atoms with Gasteiger partial charge in [-0.25, -0.2) is 0 Å². The van der Waals surface area contributed by atoms with E-state index in [2.05, 4.69) is 34.6 Å². The minimum absolute atomic E-state index is 0. The van der Waals surface area contributed by atoms with Gasteiger partial charge >= 0.3 is 0 Å². The predicted octanol–water partition coefficient (Wildman–Crippen LogP) is 8.31. The fraction of sp³-hybridized carbons (Fsp3) is 1.00. The highest BCUT2D eigenvalue weighted by atomic mass is 16.2. The first-order chi connectivity index (χ1) is 14.9. The summed E-state index contributed by atoms with van der Waals surface area (Å²) in [4.78, 5) is 0. The van der Waals surface area contributed by atoms with Crippen molar-refractivity contribution < 1.29 is 10.6 Å². The van der Waals surface area contributed by atoms with Gasteiger partial charge in [-0.05, 0) is 116 Å². The molecule has 4 aliphatic rings. The highest BCUT2D eigenvalue weighted by Crippen LogP contribution is 2.68. The van der Waals surface area contributed by atoms with Crippen LogP contribution in [-0.4, -0.2) is 17.7 Å². The second-order valence-electron chi connectivity index (χ2n) is 12.3. The van der Waals surface area contributed by atoms with Crippen molar-refractivity contribution in [2.45, 2.75) is 132 Å². The predicted molar refractivity (Wildman–Crippen MR) is 141 cm³/mol. The summed E-state index contributed by atoms with van der Waals surface area (Å²) >= 11 is 0. The smallest absolute Gasteiger partial charge is 0.0319 e. The van der Waals surface area contributed by atoms with Crippen molar-refractivity contribution in [2.75, 3.05) is 7.11 Å². The lowest BCUT2D eigenvalue weighted by atomic mass is 9.44. The van der Waals surface area contributed by atoms with Gasteiger partial charge in [-0.15, -0.1) is 0 Å². The maximum atomic E-state index is 7.00. The lowest BCUT2D eigenvalue weighted by Gasteiger charge is -2.61. The molecule has 32 heavy (non-hydrogen) atoms. The Morgan fingerprint density at radius 3 is 2.09 bits per heavy atom. The van der Waals surface area contributed by atoms with E-state index >= 15 is 0 Å². The first kappa shape index (κ1) is 30.0. The van der Waals surface area contributed by atoms with Crippen LogP contribution in [0.3, 0.4) is 0 Å². The van der Waals surface area contributed by atoms with Gasteiger partial charge in [0.25, 0.3) is 0 Å². The summed E-state index contributed by atoms with van der Waals surface area (Å²) in [5.74, 6) is 7.26. The zero-order valence-corrected chi connectivity index (χ0v) is 23.2. The molecule has 8 unspecified atom stereocenters. The third-order valence-electron chi connectivity index (χ3n) is 10.9. The Hall–Kier alpha value is -0.0800. The molecule has 0 bridgehead atoms. The quantitative estimate of drug-likeness (QED) is 0.448. The molecule has 192 valence electrons. The number of rotatable bonds is 5. The van der Waals surface area contributed by atoms with Crippen LogP contribution in [0.5, 0.6) is 0 Å². The van der Waals surface area contributed by atoms with Crippen molar-refractivity contribution in [2.24, 2.45) is 52.3 Å². The van der Waals surface area contributed by atoms with Crippen molar-refractivity contribution in [3.05, 3.63) is 0 Å². The molecule has 3 N–H and O–H groups in total. The number of aliphatic hydroxyl groups is 1. The first-order valence-corrected chi connectivity index (χ1v) is 14.3. The summed E-state index contributed by atoms with van der Waals surface area (Å²) in [7, 11) is 1.00. The van der Waals surface area contributed by atoms with Crippen LogP contribution in [0.2, 0.25) is 0 Å². The van der Waals surface area contributed by atoms with Gasteiger partial charge in [-0.2, -0.15) is 0 Å². The van der Waals surface area contributed by atoms with Gasteiger partial charge in [0, 0.05) is 7.11 Å². The molecule has 4 fully saturated rings. The molecule has 0 heterocycles. The summed E-state index contributed by atoms with van der Waals surface area (Å²) in [6, 6.07) is 0. The molecule has 0 aromatic rings. The SMILES string of the molecule is CC.CCC1CCC2(C)C(CCC3C4CCC(CCCC(C)C)C4(C)CCC32)C1.CO.O. The summed E-state index contributed by atoms with van der Waals surface area (Å²) in [5.41, 5.74) is 1.40. The van der Waals surface area contributed by atoms with Crippen LogP contribution < -0.4 is 0 Å². The molecular formula is C30H60O2. The molecule has 0 saturated heterocycles. The lowest BCUT2D eigenvalue weighted by molar-refractivity contribution is -0.118. The van der Waals surface area contributed by atoms with Crippen LogP contribution in [0.4, 0.5) is 0 Å². The van der Waals surface area contributed by atoms with Crippen LogP contribution >= 0.6 is 0 Å². The Balaban J connectivity index is 0.000000971. The topological polar surface area (TPSA) is 51.7 Å². The van der Waals surface area contributed by atoms with Gasteiger partial charge in [-0.1, -0.05) is 67.7 Å². The van der Waals surface area contributed by atoms with E-state index < -0.39 is 0 Å². The maximum Gasteiger partial charge on any atom is 0.0319 e. The normalized spacial score (nSPS) is 42.2. The van der Waals surface area contributed by atoms with Crippen LogP contribution in [-0.2, 0) is 0 Å². The van der Waals surface area contributed by atoms with E-state index in [4.69, 9.17) is 5.11 Å². The Morgan fingerprint density at radius 2 is 1.47 bits per heavy atom. The van der Waals surface area contributed by atoms with Gasteiger partial charge in [0.15, 0.2) is 0 Å². The summed E-state index contributed by atoms with van der Waals surface area (Å²) in [6.45, 7) is 16.7. The Labute approximate surface area is 202 Å². The molecule has 4 rings (SSSR count). The highest BCUT2D eigenvalue weighted by Gasteiger charge is 2.59. The molecule has 0 aromatic heterocycles. The van der Waals surface area contributed by atoms with Crippen LogP contribution in [0.1, 0.15) is 132 Å². The fourth-order valence-electron chi connectivity index (χ4n) is 9.07. The molecule has 8 atom stereocenters.